The molecule has 226 valence electrons. The van der Waals surface area contributed by atoms with Crippen molar-refractivity contribution < 1.29 is 22.7 Å². The summed E-state index contributed by atoms with van der Waals surface area (Å²) >= 11 is 19.2. The van der Waals surface area contributed by atoms with Crippen molar-refractivity contribution >= 4 is 62.3 Å². The van der Waals surface area contributed by atoms with Crippen molar-refractivity contribution in [2.24, 2.45) is 0 Å². The molecule has 0 saturated carbocycles. The van der Waals surface area contributed by atoms with Crippen LogP contribution >= 0.6 is 34.8 Å². The van der Waals surface area contributed by atoms with Gasteiger partial charge in [-0.1, -0.05) is 71.2 Å². The first-order valence-corrected chi connectivity index (χ1v) is 16.3. The highest BCUT2D eigenvalue weighted by Crippen LogP contribution is 2.31. The lowest BCUT2D eigenvalue weighted by Crippen LogP contribution is -2.50. The third-order valence-corrected chi connectivity index (χ3v) is 8.79. The molecule has 0 aliphatic carbocycles. The molecule has 1 atom stereocenters. The van der Waals surface area contributed by atoms with Crippen LogP contribution in [-0.4, -0.2) is 57.6 Å². The fraction of sp³-hybridized carbons (Fsp3) is 0.333. The normalized spacial score (nSPS) is 12.0. The molecule has 0 fully saturated rings. The first kappa shape index (κ1) is 33.5. The minimum atomic E-state index is -3.70. The summed E-state index contributed by atoms with van der Waals surface area (Å²) in [7, 11) is -2.23. The van der Waals surface area contributed by atoms with E-state index in [1.165, 1.54) is 22.4 Å². The molecular formula is C30H34Cl3N3O5S. The molecule has 3 rings (SSSR count). The van der Waals surface area contributed by atoms with Crippen LogP contribution in [-0.2, 0) is 32.6 Å². The SMILES string of the molecule is CCNC(=O)[C@H](Cc1ccccc1)N(Cc1c(Cl)cccc1Cl)C(=O)CCCN(c1ccc(OC)c(Cl)c1)S(C)(=O)=O. The van der Waals surface area contributed by atoms with Gasteiger partial charge in [0, 0.05) is 48.1 Å². The van der Waals surface area contributed by atoms with E-state index < -0.39 is 16.1 Å². The van der Waals surface area contributed by atoms with Crippen molar-refractivity contribution in [3.8, 4) is 5.75 Å². The van der Waals surface area contributed by atoms with E-state index in [1.807, 2.05) is 30.3 Å². The molecule has 0 spiro atoms. The van der Waals surface area contributed by atoms with E-state index in [-0.39, 0.29) is 49.2 Å². The van der Waals surface area contributed by atoms with Crippen molar-refractivity contribution in [3.63, 3.8) is 0 Å². The average Bonchev–Trinajstić information content (AvgIpc) is 2.94. The maximum atomic E-state index is 13.9. The number of methoxy groups -OCH3 is 1. The number of likely N-dealkylation sites (N-methyl/N-ethyl adjacent to an activating group) is 1. The van der Waals surface area contributed by atoms with Gasteiger partial charge in [-0.3, -0.25) is 13.9 Å². The maximum Gasteiger partial charge on any atom is 0.243 e. The minimum absolute atomic E-state index is 0.00411. The molecule has 0 aliphatic rings. The van der Waals surface area contributed by atoms with Gasteiger partial charge in [0.2, 0.25) is 21.8 Å². The zero-order valence-electron chi connectivity index (χ0n) is 23.6. The Labute approximate surface area is 262 Å². The Kier molecular flexibility index (Phi) is 12.4. The fourth-order valence-electron chi connectivity index (χ4n) is 4.51. The van der Waals surface area contributed by atoms with Gasteiger partial charge < -0.3 is 15.0 Å². The number of ether oxygens (including phenoxy) is 1. The quantitative estimate of drug-likeness (QED) is 0.231. The van der Waals surface area contributed by atoms with Gasteiger partial charge in [-0.25, -0.2) is 8.42 Å². The molecule has 2 amide bonds. The van der Waals surface area contributed by atoms with Crippen LogP contribution in [0.25, 0.3) is 0 Å². The number of hydrogen-bond acceptors (Lipinski definition) is 5. The largest absolute Gasteiger partial charge is 0.495 e. The average molecular weight is 655 g/mol. The number of benzene rings is 3. The van der Waals surface area contributed by atoms with Crippen molar-refractivity contribution in [1.29, 1.82) is 0 Å². The minimum Gasteiger partial charge on any atom is -0.495 e. The van der Waals surface area contributed by atoms with Crippen LogP contribution in [0.5, 0.6) is 5.75 Å². The molecule has 1 N–H and O–H groups in total. The van der Waals surface area contributed by atoms with Gasteiger partial charge in [0.15, 0.2) is 0 Å². The molecule has 42 heavy (non-hydrogen) atoms. The third kappa shape index (κ3) is 9.01. The van der Waals surface area contributed by atoms with E-state index in [9.17, 15) is 18.0 Å². The molecule has 0 radical (unpaired) electrons. The van der Waals surface area contributed by atoms with Crippen molar-refractivity contribution in [2.75, 3.05) is 30.8 Å². The van der Waals surface area contributed by atoms with E-state index in [0.29, 0.717) is 33.6 Å². The number of hydrogen-bond donors (Lipinski definition) is 1. The van der Waals surface area contributed by atoms with E-state index in [4.69, 9.17) is 39.5 Å². The number of amides is 2. The number of nitrogens with one attached hydrogen (secondary N) is 1. The number of rotatable bonds is 14. The lowest BCUT2D eigenvalue weighted by atomic mass is 10.0. The molecule has 3 aromatic carbocycles. The zero-order chi connectivity index (χ0) is 30.9. The molecule has 0 heterocycles. The Balaban J connectivity index is 1.91. The van der Waals surface area contributed by atoms with E-state index in [2.05, 4.69) is 5.32 Å². The molecule has 12 heteroatoms. The summed E-state index contributed by atoms with van der Waals surface area (Å²) in [5.41, 5.74) is 1.73. The molecule has 0 unspecified atom stereocenters. The van der Waals surface area contributed by atoms with E-state index in [0.717, 1.165) is 11.8 Å². The number of carbonyl (C=O) groups is 2. The zero-order valence-corrected chi connectivity index (χ0v) is 26.7. The standard InChI is InChI=1S/C30H34Cl3N3O5S/c1-4-34-30(38)27(18-21-10-6-5-7-11-21)35(20-23-24(31)12-8-13-25(23)32)29(37)14-9-17-36(42(3,39)40)22-15-16-28(41-2)26(33)19-22/h5-8,10-13,15-16,19,27H,4,9,14,17-18,20H2,1-3H3,(H,34,38)/t27-/m0/s1. The number of nitrogens with zero attached hydrogens (tertiary/aromatic N) is 2. The monoisotopic (exact) mass is 653 g/mol. The highest BCUT2D eigenvalue weighted by Gasteiger charge is 2.31. The smallest absolute Gasteiger partial charge is 0.243 e. The molecule has 0 aromatic heterocycles. The van der Waals surface area contributed by atoms with Crippen molar-refractivity contribution in [1.82, 2.24) is 10.2 Å². The number of halogens is 3. The highest BCUT2D eigenvalue weighted by molar-refractivity contribution is 7.92. The number of carbonyl (C=O) groups excluding carboxylic acids is 2. The Morgan fingerprint density at radius 3 is 2.19 bits per heavy atom. The lowest BCUT2D eigenvalue weighted by Gasteiger charge is -2.32. The number of anilines is 1. The maximum absolute atomic E-state index is 13.9. The van der Waals surface area contributed by atoms with Crippen LogP contribution in [0.1, 0.15) is 30.9 Å². The summed E-state index contributed by atoms with van der Waals surface area (Å²) in [6.45, 7) is 2.20. The lowest BCUT2D eigenvalue weighted by molar-refractivity contribution is -0.141. The van der Waals surface area contributed by atoms with Crippen LogP contribution < -0.4 is 14.4 Å². The predicted molar refractivity (Wildman–Crippen MR) is 169 cm³/mol. The van der Waals surface area contributed by atoms with Crippen molar-refractivity contribution in [3.05, 3.63) is 92.9 Å². The molecule has 3 aromatic rings. The van der Waals surface area contributed by atoms with Gasteiger partial charge in [-0.05, 0) is 49.2 Å². The van der Waals surface area contributed by atoms with Crippen LogP contribution in [0, 0.1) is 0 Å². The second-order valence-corrected chi connectivity index (χ2v) is 12.7. The molecule has 0 bridgehead atoms. The van der Waals surface area contributed by atoms with Gasteiger partial charge in [0.05, 0.1) is 24.1 Å². The molecular weight excluding hydrogens is 621 g/mol. The van der Waals surface area contributed by atoms with Gasteiger partial charge in [-0.15, -0.1) is 0 Å². The predicted octanol–water partition coefficient (Wildman–Crippen LogP) is 5.98. The third-order valence-electron chi connectivity index (χ3n) is 6.59. The molecule has 8 nitrogen and oxygen atoms in total. The fourth-order valence-corrected chi connectivity index (χ4v) is 6.24. The topological polar surface area (TPSA) is 96.0 Å². The van der Waals surface area contributed by atoms with Gasteiger partial charge in [0.1, 0.15) is 11.8 Å². The van der Waals surface area contributed by atoms with Crippen LogP contribution in [0.4, 0.5) is 5.69 Å². The van der Waals surface area contributed by atoms with E-state index in [1.54, 1.807) is 37.3 Å². The highest BCUT2D eigenvalue weighted by atomic mass is 35.5. The summed E-state index contributed by atoms with van der Waals surface area (Å²) < 4.78 is 31.7. The Morgan fingerprint density at radius 2 is 1.62 bits per heavy atom. The van der Waals surface area contributed by atoms with Gasteiger partial charge >= 0.3 is 0 Å². The van der Waals surface area contributed by atoms with Gasteiger partial charge in [-0.2, -0.15) is 0 Å². The van der Waals surface area contributed by atoms with Gasteiger partial charge in [0.25, 0.3) is 0 Å². The van der Waals surface area contributed by atoms with Crippen molar-refractivity contribution in [2.45, 2.75) is 38.8 Å². The van der Waals surface area contributed by atoms with Crippen LogP contribution in [0.3, 0.4) is 0 Å². The number of sulfonamides is 1. The first-order valence-electron chi connectivity index (χ1n) is 13.3. The summed E-state index contributed by atoms with van der Waals surface area (Å²) in [6.07, 6.45) is 1.49. The summed E-state index contributed by atoms with van der Waals surface area (Å²) in [5.74, 6) is -0.254. The van der Waals surface area contributed by atoms with E-state index >= 15 is 0 Å². The summed E-state index contributed by atoms with van der Waals surface area (Å²) in [4.78, 5) is 28.7. The summed E-state index contributed by atoms with van der Waals surface area (Å²) in [6, 6.07) is 18.2. The second-order valence-electron chi connectivity index (χ2n) is 9.58. The molecule has 0 saturated heterocycles. The summed E-state index contributed by atoms with van der Waals surface area (Å²) in [5, 5.41) is 3.83. The molecule has 0 aliphatic heterocycles. The van der Waals surface area contributed by atoms with Crippen LogP contribution in [0.15, 0.2) is 66.7 Å². The first-order chi connectivity index (χ1) is 20.0. The van der Waals surface area contributed by atoms with Crippen LogP contribution in [0.2, 0.25) is 15.1 Å². The Hall–Kier alpha value is -2.98. The Morgan fingerprint density at radius 1 is 0.952 bits per heavy atom. The Bertz CT molecular complexity index is 1470. The second kappa shape index (κ2) is 15.5.